The quantitative estimate of drug-likeness (QED) is 0.168. The van der Waals surface area contributed by atoms with Crippen LogP contribution in [-0.4, -0.2) is 9.13 Å². The lowest BCUT2D eigenvalue weighted by Crippen LogP contribution is -2.11. The Morgan fingerprint density at radius 2 is 0.833 bits per heavy atom. The number of halogens is 8. The van der Waals surface area contributed by atoms with Gasteiger partial charge in [0.05, 0.1) is 44.6 Å². The highest BCUT2D eigenvalue weighted by molar-refractivity contribution is 6.12. The lowest BCUT2D eigenvalue weighted by atomic mass is 10.0. The minimum absolute atomic E-state index is 0.256. The smallest absolute Gasteiger partial charge is 0.309 e. The van der Waals surface area contributed by atoms with E-state index in [1.165, 1.54) is 9.13 Å². The minimum atomic E-state index is -4.85. The number of para-hydroxylation sites is 2. The van der Waals surface area contributed by atoms with Gasteiger partial charge in [-0.05, 0) is 71.8 Å². The number of benzene rings is 6. The summed E-state index contributed by atoms with van der Waals surface area (Å²) in [5.74, 6) is -1.86. The summed E-state index contributed by atoms with van der Waals surface area (Å²) in [4.78, 5) is 0. The van der Waals surface area contributed by atoms with Crippen LogP contribution in [0.4, 0.5) is 35.1 Å². The normalized spacial score (nSPS) is 12.6. The molecular formula is C38H20F8N2. The van der Waals surface area contributed by atoms with E-state index < -0.39 is 35.1 Å². The van der Waals surface area contributed by atoms with Gasteiger partial charge < -0.3 is 9.13 Å². The Labute approximate surface area is 266 Å². The number of aromatic nitrogens is 2. The average molecular weight is 657 g/mol. The van der Waals surface area contributed by atoms with Crippen molar-refractivity contribution in [2.75, 3.05) is 0 Å². The van der Waals surface area contributed by atoms with Crippen molar-refractivity contribution in [2.24, 2.45) is 0 Å². The molecule has 0 aliphatic carbocycles. The van der Waals surface area contributed by atoms with E-state index in [4.69, 9.17) is 0 Å². The standard InChI is InChI=1S/C38H20F8N2/c39-23-12-16-33(30(19-23)38(44,45)46)47-31-7-3-1-5-25(31)27-13-9-21(17-34(27)47)22-10-14-28-26-6-2-4-8-32(26)48(35(28)18-22)36-20-24(40)11-15-29(36)37(41,42)43/h1-20H. The van der Waals surface area contributed by atoms with Gasteiger partial charge in [-0.1, -0.05) is 60.7 Å². The summed E-state index contributed by atoms with van der Waals surface area (Å²) in [5.41, 5.74) is 0.0436. The van der Waals surface area contributed by atoms with Crippen LogP contribution in [0.3, 0.4) is 0 Å². The Bertz CT molecular complexity index is 2570. The molecule has 0 radical (unpaired) electrons. The van der Waals surface area contributed by atoms with Crippen molar-refractivity contribution in [3.63, 3.8) is 0 Å². The Balaban J connectivity index is 1.41. The first-order valence-corrected chi connectivity index (χ1v) is 14.7. The molecule has 0 saturated heterocycles. The highest BCUT2D eigenvalue weighted by atomic mass is 19.4. The summed E-state index contributed by atoms with van der Waals surface area (Å²) < 4.78 is 117. The summed E-state index contributed by atoms with van der Waals surface area (Å²) in [6, 6.07) is 29.2. The van der Waals surface area contributed by atoms with Crippen LogP contribution in [0.2, 0.25) is 0 Å². The zero-order valence-corrected chi connectivity index (χ0v) is 24.5. The third kappa shape index (κ3) is 4.62. The lowest BCUT2D eigenvalue weighted by Gasteiger charge is -2.17. The predicted molar refractivity (Wildman–Crippen MR) is 170 cm³/mol. The van der Waals surface area contributed by atoms with Gasteiger partial charge in [0.25, 0.3) is 0 Å². The molecule has 0 aliphatic rings. The van der Waals surface area contributed by atoms with Gasteiger partial charge in [0.1, 0.15) is 11.6 Å². The lowest BCUT2D eigenvalue weighted by molar-refractivity contribution is -0.138. The molecule has 0 saturated carbocycles. The van der Waals surface area contributed by atoms with E-state index in [1.54, 1.807) is 84.9 Å². The van der Waals surface area contributed by atoms with Crippen LogP contribution < -0.4 is 0 Å². The van der Waals surface area contributed by atoms with Crippen LogP contribution in [0.1, 0.15) is 11.1 Å². The fraction of sp³-hybridized carbons (Fsp3) is 0.0526. The summed E-state index contributed by atoms with van der Waals surface area (Å²) >= 11 is 0. The fourth-order valence-corrected chi connectivity index (χ4v) is 6.68. The molecule has 2 aromatic heterocycles. The second kappa shape index (κ2) is 10.4. The van der Waals surface area contributed by atoms with E-state index in [0.717, 1.165) is 24.3 Å². The Morgan fingerprint density at radius 3 is 1.38 bits per heavy atom. The van der Waals surface area contributed by atoms with Crippen molar-refractivity contribution < 1.29 is 35.1 Å². The number of alkyl halides is 6. The van der Waals surface area contributed by atoms with Crippen molar-refractivity contribution >= 4 is 43.6 Å². The van der Waals surface area contributed by atoms with Gasteiger partial charge in [0, 0.05) is 21.5 Å². The van der Waals surface area contributed by atoms with Gasteiger partial charge in [0.2, 0.25) is 0 Å². The number of hydrogen-bond donors (Lipinski definition) is 0. The molecule has 0 spiro atoms. The Kier molecular flexibility index (Phi) is 6.46. The monoisotopic (exact) mass is 656 g/mol. The molecule has 238 valence electrons. The Hall–Kier alpha value is -5.64. The van der Waals surface area contributed by atoms with E-state index in [-0.39, 0.29) is 11.4 Å². The van der Waals surface area contributed by atoms with Crippen LogP contribution in [0.5, 0.6) is 0 Å². The molecule has 2 nitrogen and oxygen atoms in total. The molecule has 0 N–H and O–H groups in total. The molecule has 0 bridgehead atoms. The number of fused-ring (bicyclic) bond motifs is 6. The van der Waals surface area contributed by atoms with Crippen LogP contribution in [0.25, 0.3) is 66.1 Å². The molecule has 0 fully saturated rings. The highest BCUT2D eigenvalue weighted by Crippen LogP contribution is 2.42. The molecule has 0 unspecified atom stereocenters. The molecule has 8 aromatic rings. The first kappa shape index (κ1) is 29.7. The third-order valence-corrected chi connectivity index (χ3v) is 8.69. The second-order valence-electron chi connectivity index (χ2n) is 11.5. The molecular weight excluding hydrogens is 636 g/mol. The van der Waals surface area contributed by atoms with Crippen LogP contribution >= 0.6 is 0 Å². The van der Waals surface area contributed by atoms with Gasteiger partial charge in [-0.3, -0.25) is 0 Å². The largest absolute Gasteiger partial charge is 0.418 e. The maximum atomic E-state index is 14.5. The molecule has 2 heterocycles. The summed E-state index contributed by atoms with van der Waals surface area (Å²) in [6.45, 7) is 0. The maximum absolute atomic E-state index is 14.5. The molecule has 10 heteroatoms. The van der Waals surface area contributed by atoms with Crippen molar-refractivity contribution in [2.45, 2.75) is 12.4 Å². The van der Waals surface area contributed by atoms with Gasteiger partial charge in [-0.15, -0.1) is 0 Å². The topological polar surface area (TPSA) is 9.86 Å². The summed E-state index contributed by atoms with van der Waals surface area (Å²) in [5, 5.41) is 2.61. The van der Waals surface area contributed by atoms with Crippen LogP contribution in [-0.2, 0) is 12.4 Å². The maximum Gasteiger partial charge on any atom is 0.418 e. The van der Waals surface area contributed by atoms with E-state index >= 15 is 0 Å². The predicted octanol–water partition coefficient (Wildman–Crippen LogP) is 11.9. The molecule has 0 amide bonds. The van der Waals surface area contributed by atoms with Gasteiger partial charge in [-0.2, -0.15) is 26.3 Å². The molecule has 6 aromatic carbocycles. The van der Waals surface area contributed by atoms with E-state index in [0.29, 0.717) is 66.9 Å². The minimum Gasteiger partial charge on any atom is -0.309 e. The summed E-state index contributed by atoms with van der Waals surface area (Å²) in [7, 11) is 0. The second-order valence-corrected chi connectivity index (χ2v) is 11.5. The number of nitrogens with zero attached hydrogens (tertiary/aromatic N) is 2. The van der Waals surface area contributed by atoms with Crippen molar-refractivity contribution in [1.29, 1.82) is 0 Å². The molecule has 0 atom stereocenters. The first-order chi connectivity index (χ1) is 22.9. The number of hydrogen-bond acceptors (Lipinski definition) is 0. The molecule has 8 rings (SSSR count). The van der Waals surface area contributed by atoms with Crippen LogP contribution in [0.15, 0.2) is 121 Å². The van der Waals surface area contributed by atoms with E-state index in [1.807, 2.05) is 0 Å². The zero-order valence-electron chi connectivity index (χ0n) is 24.5. The fourth-order valence-electron chi connectivity index (χ4n) is 6.68. The van der Waals surface area contributed by atoms with Crippen molar-refractivity contribution in [3.8, 4) is 22.5 Å². The molecule has 48 heavy (non-hydrogen) atoms. The van der Waals surface area contributed by atoms with E-state index in [2.05, 4.69) is 0 Å². The third-order valence-electron chi connectivity index (χ3n) is 8.69. The average Bonchev–Trinajstić information content (AvgIpc) is 3.56. The van der Waals surface area contributed by atoms with E-state index in [9.17, 15) is 35.1 Å². The number of rotatable bonds is 3. The SMILES string of the molecule is Fc1ccc(C(F)(F)F)c(-n2c3ccccc3c3ccc(-c4ccc5c6ccccc6n(-c6ccc(F)cc6C(F)(F)F)c5c4)cc32)c1. The van der Waals surface area contributed by atoms with Crippen molar-refractivity contribution in [1.82, 2.24) is 9.13 Å². The Morgan fingerprint density at radius 1 is 0.375 bits per heavy atom. The van der Waals surface area contributed by atoms with Gasteiger partial charge in [-0.25, -0.2) is 8.78 Å². The summed E-state index contributed by atoms with van der Waals surface area (Å²) in [6.07, 6.45) is -9.62. The highest BCUT2D eigenvalue weighted by Gasteiger charge is 2.36. The van der Waals surface area contributed by atoms with Gasteiger partial charge >= 0.3 is 12.4 Å². The first-order valence-electron chi connectivity index (χ1n) is 14.7. The zero-order chi connectivity index (χ0) is 33.5. The van der Waals surface area contributed by atoms with Crippen LogP contribution in [0, 0.1) is 11.6 Å². The van der Waals surface area contributed by atoms with Crippen molar-refractivity contribution in [3.05, 3.63) is 144 Å². The molecule has 0 aliphatic heterocycles. The van der Waals surface area contributed by atoms with Gasteiger partial charge in [0.15, 0.2) is 0 Å².